The van der Waals surface area contributed by atoms with Crippen LogP contribution in [0, 0.1) is 24.0 Å². The zero-order valence-corrected chi connectivity index (χ0v) is 12.1. The van der Waals surface area contributed by atoms with Crippen LogP contribution in [0.15, 0.2) is 18.2 Å². The maximum atomic E-state index is 12.0. The molecule has 8 nitrogen and oxygen atoms in total. The summed E-state index contributed by atoms with van der Waals surface area (Å²) in [5.41, 5.74) is 1.44. The van der Waals surface area contributed by atoms with E-state index in [1.54, 1.807) is 18.2 Å². The van der Waals surface area contributed by atoms with E-state index in [1.165, 1.54) is 11.6 Å². The number of rotatable bonds is 4. The average Bonchev–Trinajstić information content (AvgIpc) is 2.75. The molecule has 0 aliphatic heterocycles. The first-order chi connectivity index (χ1) is 9.86. The fraction of sp³-hybridized carbons (Fsp3) is 0.250. The number of hydrogen-bond acceptors (Lipinski definition) is 5. The van der Waals surface area contributed by atoms with Crippen molar-refractivity contribution in [3.05, 3.63) is 44.7 Å². The van der Waals surface area contributed by atoms with Crippen LogP contribution in [0.2, 0.25) is 5.02 Å². The van der Waals surface area contributed by atoms with Crippen molar-refractivity contribution >= 4 is 29.1 Å². The summed E-state index contributed by atoms with van der Waals surface area (Å²) in [4.78, 5) is 25.5. The third kappa shape index (κ3) is 3.54. The molecule has 2 rings (SSSR count). The summed E-state index contributed by atoms with van der Waals surface area (Å²) in [5.74, 6) is -0.609. The van der Waals surface area contributed by atoms with Gasteiger partial charge in [-0.1, -0.05) is 17.7 Å². The van der Waals surface area contributed by atoms with Gasteiger partial charge in [0.15, 0.2) is 0 Å². The number of carbonyl (C=O) groups is 1. The van der Waals surface area contributed by atoms with E-state index in [0.717, 1.165) is 5.56 Å². The Morgan fingerprint density at radius 3 is 2.81 bits per heavy atom. The molecule has 9 heteroatoms. The summed E-state index contributed by atoms with van der Waals surface area (Å²) in [6, 6.07) is 5.13. The van der Waals surface area contributed by atoms with Gasteiger partial charge < -0.3 is 15.4 Å². The van der Waals surface area contributed by atoms with Gasteiger partial charge in [0, 0.05) is 22.7 Å². The minimum absolute atomic E-state index is 0.168. The monoisotopic (exact) mass is 309 g/mol. The molecule has 1 heterocycles. The Morgan fingerprint density at radius 2 is 2.19 bits per heavy atom. The van der Waals surface area contributed by atoms with Crippen molar-refractivity contribution in [1.29, 1.82) is 0 Å². The molecule has 1 amide bonds. The number of hydrogen-bond donors (Lipinski definition) is 1. The molecule has 0 spiro atoms. The summed E-state index contributed by atoms with van der Waals surface area (Å²) in [6.45, 7) is 3.20. The second kappa shape index (κ2) is 5.88. The Morgan fingerprint density at radius 1 is 1.48 bits per heavy atom. The maximum absolute atomic E-state index is 12.0. The summed E-state index contributed by atoms with van der Waals surface area (Å²) < 4.78 is 1.17. The highest BCUT2D eigenvalue weighted by Gasteiger charge is 2.20. The molecule has 1 aromatic heterocycles. The molecule has 0 saturated heterocycles. The third-order valence-corrected chi connectivity index (χ3v) is 3.01. The number of halogens is 1. The second-order valence-corrected chi connectivity index (χ2v) is 4.82. The lowest BCUT2D eigenvalue weighted by Crippen LogP contribution is -2.20. The number of nitro groups is 1. The fourth-order valence-corrected chi connectivity index (χ4v) is 1.86. The number of aryl methyl sites for hydroxylation is 2. The van der Waals surface area contributed by atoms with Crippen LogP contribution in [0.5, 0.6) is 0 Å². The van der Waals surface area contributed by atoms with Gasteiger partial charge in [-0.25, -0.2) is 0 Å². The molecule has 0 unspecified atom stereocenters. The van der Waals surface area contributed by atoms with Crippen molar-refractivity contribution in [2.24, 2.45) is 0 Å². The Bertz CT molecular complexity index is 713. The Kier molecular flexibility index (Phi) is 4.18. The highest BCUT2D eigenvalue weighted by atomic mass is 35.5. The minimum Gasteiger partial charge on any atom is -0.390 e. The Hall–Kier alpha value is -2.48. The van der Waals surface area contributed by atoms with E-state index in [1.807, 2.05) is 6.92 Å². The lowest BCUT2D eigenvalue weighted by molar-refractivity contribution is -0.394. The van der Waals surface area contributed by atoms with Gasteiger partial charge in [-0.3, -0.25) is 4.79 Å². The number of nitrogens with zero attached hydrogens (tertiary/aromatic N) is 4. The first-order valence-electron chi connectivity index (χ1n) is 5.98. The van der Waals surface area contributed by atoms with Gasteiger partial charge in [0.1, 0.15) is 6.54 Å². The standard InChI is InChI=1S/C12H12ClN5O3/c1-7-3-4-9(13)5-10(7)15-11(19)6-17-8(2)14-12(16-17)18(20)21/h3-5H,6H2,1-2H3,(H,15,19). The highest BCUT2D eigenvalue weighted by molar-refractivity contribution is 6.31. The van der Waals surface area contributed by atoms with Gasteiger partial charge in [-0.2, -0.15) is 4.68 Å². The zero-order valence-electron chi connectivity index (χ0n) is 11.3. The summed E-state index contributed by atoms with van der Waals surface area (Å²) in [5, 5.41) is 17.4. The molecule has 110 valence electrons. The Balaban J connectivity index is 2.11. The van der Waals surface area contributed by atoms with Crippen LogP contribution < -0.4 is 5.32 Å². The van der Waals surface area contributed by atoms with E-state index in [9.17, 15) is 14.9 Å². The highest BCUT2D eigenvalue weighted by Crippen LogP contribution is 2.20. The summed E-state index contributed by atoms with van der Waals surface area (Å²) in [7, 11) is 0. The summed E-state index contributed by atoms with van der Waals surface area (Å²) in [6.07, 6.45) is 0. The number of benzene rings is 1. The van der Waals surface area contributed by atoms with E-state index < -0.39 is 10.9 Å². The SMILES string of the molecule is Cc1ccc(Cl)cc1NC(=O)Cn1nc([N+](=O)[O-])nc1C. The van der Waals surface area contributed by atoms with Crippen LogP contribution in [0.4, 0.5) is 11.6 Å². The van der Waals surface area contributed by atoms with Crippen LogP contribution in [-0.4, -0.2) is 25.6 Å². The van der Waals surface area contributed by atoms with E-state index >= 15 is 0 Å². The van der Waals surface area contributed by atoms with Crippen molar-refractivity contribution in [2.75, 3.05) is 5.32 Å². The van der Waals surface area contributed by atoms with Crippen molar-refractivity contribution in [3.63, 3.8) is 0 Å². The van der Waals surface area contributed by atoms with Gasteiger partial charge in [0.25, 0.3) is 0 Å². The number of amides is 1. The molecule has 0 aliphatic rings. The van der Waals surface area contributed by atoms with Crippen molar-refractivity contribution in [3.8, 4) is 0 Å². The van der Waals surface area contributed by atoms with Crippen LogP contribution in [0.1, 0.15) is 11.4 Å². The summed E-state index contributed by atoms with van der Waals surface area (Å²) >= 11 is 5.87. The first-order valence-corrected chi connectivity index (χ1v) is 6.36. The average molecular weight is 310 g/mol. The lowest BCUT2D eigenvalue weighted by Gasteiger charge is -2.08. The molecule has 1 N–H and O–H groups in total. The topological polar surface area (TPSA) is 103 Å². The Labute approximate surface area is 124 Å². The molecule has 0 bridgehead atoms. The molecule has 0 fully saturated rings. The molecule has 0 aliphatic carbocycles. The van der Waals surface area contributed by atoms with Gasteiger partial charge in [-0.05, 0) is 34.5 Å². The minimum atomic E-state index is -0.706. The number of anilines is 1. The normalized spacial score (nSPS) is 10.4. The second-order valence-electron chi connectivity index (χ2n) is 4.38. The van der Waals surface area contributed by atoms with E-state index in [0.29, 0.717) is 16.5 Å². The van der Waals surface area contributed by atoms with Crippen molar-refractivity contribution < 1.29 is 9.72 Å². The lowest BCUT2D eigenvalue weighted by atomic mass is 10.2. The van der Waals surface area contributed by atoms with Crippen LogP contribution in [-0.2, 0) is 11.3 Å². The molecule has 1 aromatic carbocycles. The van der Waals surface area contributed by atoms with E-state index in [2.05, 4.69) is 15.4 Å². The molecular formula is C12H12ClN5O3. The third-order valence-electron chi connectivity index (χ3n) is 2.78. The first kappa shape index (κ1) is 14.9. The van der Waals surface area contributed by atoms with Crippen LogP contribution >= 0.6 is 11.6 Å². The van der Waals surface area contributed by atoms with Crippen LogP contribution in [0.3, 0.4) is 0 Å². The molecule has 0 saturated carbocycles. The van der Waals surface area contributed by atoms with Crippen LogP contribution in [0.25, 0.3) is 0 Å². The molecule has 2 aromatic rings. The molecule has 0 radical (unpaired) electrons. The predicted octanol–water partition coefficient (Wildman–Crippen LogP) is 2.10. The number of nitrogens with one attached hydrogen (secondary N) is 1. The molecule has 21 heavy (non-hydrogen) atoms. The maximum Gasteiger partial charge on any atom is 0.491 e. The van der Waals surface area contributed by atoms with Gasteiger partial charge in [-0.15, -0.1) is 0 Å². The van der Waals surface area contributed by atoms with E-state index in [4.69, 9.17) is 11.6 Å². The largest absolute Gasteiger partial charge is 0.491 e. The quantitative estimate of drug-likeness (QED) is 0.688. The van der Waals surface area contributed by atoms with Gasteiger partial charge in [0.05, 0.1) is 0 Å². The fourth-order valence-electron chi connectivity index (χ4n) is 1.69. The van der Waals surface area contributed by atoms with Gasteiger partial charge in [0.2, 0.25) is 11.7 Å². The number of carbonyl (C=O) groups excluding carboxylic acids is 1. The molecule has 0 atom stereocenters. The number of aromatic nitrogens is 3. The zero-order chi connectivity index (χ0) is 15.6. The van der Waals surface area contributed by atoms with E-state index in [-0.39, 0.29) is 12.5 Å². The van der Waals surface area contributed by atoms with Gasteiger partial charge >= 0.3 is 5.95 Å². The molecular weight excluding hydrogens is 298 g/mol. The smallest absolute Gasteiger partial charge is 0.390 e. The van der Waals surface area contributed by atoms with Crippen molar-refractivity contribution in [2.45, 2.75) is 20.4 Å². The predicted molar refractivity (Wildman–Crippen MR) is 76.2 cm³/mol. The van der Waals surface area contributed by atoms with Crippen molar-refractivity contribution in [1.82, 2.24) is 14.8 Å².